The van der Waals surface area contributed by atoms with Crippen molar-refractivity contribution in [3.63, 3.8) is 0 Å². The Balaban J connectivity index is 1.45. The van der Waals surface area contributed by atoms with Crippen LogP contribution in [0.2, 0.25) is 0 Å². The molecule has 0 aromatic rings. The Morgan fingerprint density at radius 1 is 1.08 bits per heavy atom. The first kappa shape index (κ1) is 22.4. The van der Waals surface area contributed by atoms with Crippen molar-refractivity contribution in [1.82, 2.24) is 0 Å². The van der Waals surface area contributed by atoms with Gasteiger partial charge in [0.15, 0.2) is 28.4 Å². The summed E-state index contributed by atoms with van der Waals surface area (Å²) in [6, 6.07) is 0. The minimum absolute atomic E-state index is 0.0719. The molecule has 2 spiro atoms. The molecule has 5 saturated heterocycles. The highest BCUT2D eigenvalue weighted by molar-refractivity contribution is 6.01. The second kappa shape index (κ2) is 6.00. The highest BCUT2D eigenvalue weighted by atomic mass is 16.8. The van der Waals surface area contributed by atoms with E-state index in [9.17, 15) is 24.3 Å². The molecule has 3 aliphatic carbocycles. The van der Waals surface area contributed by atoms with Crippen LogP contribution in [0.25, 0.3) is 0 Å². The maximum Gasteiger partial charge on any atom is 0.342 e. The molecule has 6 fully saturated rings. The van der Waals surface area contributed by atoms with Gasteiger partial charge in [0.05, 0.1) is 23.9 Å². The van der Waals surface area contributed by atoms with Crippen LogP contribution in [0.15, 0.2) is 36.0 Å². The van der Waals surface area contributed by atoms with Crippen molar-refractivity contribution in [1.29, 1.82) is 0 Å². The number of allylic oxidation sites excluding steroid dienone is 5. The van der Waals surface area contributed by atoms with Gasteiger partial charge in [-0.05, 0) is 56.1 Å². The van der Waals surface area contributed by atoms with E-state index in [0.717, 1.165) is 5.57 Å². The number of rotatable bonds is 0. The SMILES string of the molecule is C[C@]12C(=O)C=CC=C1C=C[C@@H]1[C@@H]2CC[C@]2(O)C(=O)O[C@@]3(C)[C@H]4C[C@]5(C)[C@@H](CO[C@@]16O[C@@]32[C@H]5C6=O)C(=O)O4. The van der Waals surface area contributed by atoms with Gasteiger partial charge in [-0.3, -0.25) is 14.4 Å². The second-order valence-corrected chi connectivity index (χ2v) is 12.7. The predicted octanol–water partition coefficient (Wildman–Crippen LogP) is 1.33. The van der Waals surface area contributed by atoms with E-state index < -0.39 is 80.9 Å². The van der Waals surface area contributed by atoms with Crippen LogP contribution in [-0.4, -0.2) is 63.9 Å². The Kier molecular flexibility index (Phi) is 3.63. The molecule has 0 aromatic heterocycles. The molecule has 5 heterocycles. The topological polar surface area (TPSA) is 125 Å². The summed E-state index contributed by atoms with van der Waals surface area (Å²) in [7, 11) is 0. The summed E-state index contributed by atoms with van der Waals surface area (Å²) in [5, 5.41) is 12.4. The minimum atomic E-state index is -2.20. The molecule has 9 nitrogen and oxygen atoms in total. The van der Waals surface area contributed by atoms with Gasteiger partial charge in [-0.25, -0.2) is 4.79 Å². The first-order valence-corrected chi connectivity index (χ1v) is 13.1. The molecule has 1 saturated carbocycles. The number of hydrogen-bond acceptors (Lipinski definition) is 9. The van der Waals surface area contributed by atoms with Crippen molar-refractivity contribution in [2.75, 3.05) is 6.61 Å². The Morgan fingerprint density at radius 2 is 1.86 bits per heavy atom. The van der Waals surface area contributed by atoms with Crippen LogP contribution in [0, 0.1) is 34.5 Å². The molecule has 8 rings (SSSR count). The number of Topliss-reactive ketones (excluding diaryl/α,β-unsaturated/α-hetero) is 1. The third-order valence-corrected chi connectivity index (χ3v) is 11.6. The number of aliphatic hydroxyl groups is 1. The molecule has 5 aliphatic heterocycles. The lowest BCUT2D eigenvalue weighted by Crippen LogP contribution is -2.79. The number of ketones is 2. The van der Waals surface area contributed by atoms with Gasteiger partial charge in [0, 0.05) is 5.92 Å². The third kappa shape index (κ3) is 1.93. The second-order valence-electron chi connectivity index (χ2n) is 12.7. The fourth-order valence-electron chi connectivity index (χ4n) is 9.59. The van der Waals surface area contributed by atoms with Crippen LogP contribution < -0.4 is 0 Å². The van der Waals surface area contributed by atoms with Crippen molar-refractivity contribution in [2.45, 2.75) is 68.7 Å². The van der Waals surface area contributed by atoms with E-state index in [-0.39, 0.29) is 31.7 Å². The quantitative estimate of drug-likeness (QED) is 0.483. The van der Waals surface area contributed by atoms with Crippen molar-refractivity contribution in [3.8, 4) is 0 Å². The van der Waals surface area contributed by atoms with Gasteiger partial charge in [0.25, 0.3) is 0 Å². The molecule has 8 aliphatic rings. The zero-order valence-corrected chi connectivity index (χ0v) is 20.8. The molecule has 11 atom stereocenters. The number of ether oxygens (including phenoxy) is 4. The average molecular weight is 509 g/mol. The highest BCUT2D eigenvalue weighted by Crippen LogP contribution is 2.74. The van der Waals surface area contributed by atoms with Gasteiger partial charge in [-0.15, -0.1) is 0 Å². The zero-order valence-electron chi connectivity index (χ0n) is 20.8. The monoisotopic (exact) mass is 508 g/mol. The molecule has 0 unspecified atom stereocenters. The summed E-state index contributed by atoms with van der Waals surface area (Å²) in [4.78, 5) is 55.2. The molecule has 9 heteroatoms. The van der Waals surface area contributed by atoms with E-state index in [2.05, 4.69) is 0 Å². The number of hydrogen-bond donors (Lipinski definition) is 1. The zero-order chi connectivity index (χ0) is 26.0. The van der Waals surface area contributed by atoms with Crippen molar-refractivity contribution >= 4 is 23.5 Å². The summed E-state index contributed by atoms with van der Waals surface area (Å²) in [6.45, 7) is 5.18. The van der Waals surface area contributed by atoms with Crippen LogP contribution in [0.1, 0.15) is 40.0 Å². The van der Waals surface area contributed by atoms with E-state index in [1.807, 2.05) is 32.1 Å². The number of carbonyl (C=O) groups excluding carboxylic acids is 4. The lowest BCUT2D eigenvalue weighted by molar-refractivity contribution is -0.370. The summed E-state index contributed by atoms with van der Waals surface area (Å²) >= 11 is 0. The average Bonchev–Trinajstić information content (AvgIpc) is 3.16. The molecule has 0 amide bonds. The van der Waals surface area contributed by atoms with Gasteiger partial charge in [-0.2, -0.15) is 0 Å². The third-order valence-electron chi connectivity index (χ3n) is 11.6. The largest absolute Gasteiger partial charge is 0.458 e. The van der Waals surface area contributed by atoms with Crippen molar-refractivity contribution in [2.24, 2.45) is 34.5 Å². The van der Waals surface area contributed by atoms with Gasteiger partial charge in [0.2, 0.25) is 5.79 Å². The molecule has 5 bridgehead atoms. The lowest BCUT2D eigenvalue weighted by Gasteiger charge is -2.62. The summed E-state index contributed by atoms with van der Waals surface area (Å²) in [5.41, 5.74) is -6.79. The normalized spacial score (nSPS) is 58.1. The maximum absolute atomic E-state index is 14.8. The van der Waals surface area contributed by atoms with E-state index in [0.29, 0.717) is 0 Å². The van der Waals surface area contributed by atoms with Crippen LogP contribution >= 0.6 is 0 Å². The predicted molar refractivity (Wildman–Crippen MR) is 122 cm³/mol. The van der Waals surface area contributed by atoms with Crippen LogP contribution in [0.4, 0.5) is 0 Å². The summed E-state index contributed by atoms with van der Waals surface area (Å²) in [5.74, 6) is -6.83. The molecule has 1 N–H and O–H groups in total. The van der Waals surface area contributed by atoms with Gasteiger partial charge in [0.1, 0.15) is 6.10 Å². The smallest absolute Gasteiger partial charge is 0.342 e. The van der Waals surface area contributed by atoms with Gasteiger partial charge < -0.3 is 24.1 Å². The first-order valence-electron chi connectivity index (χ1n) is 13.1. The Bertz CT molecular complexity index is 1340. The molecule has 194 valence electrons. The maximum atomic E-state index is 14.8. The van der Waals surface area contributed by atoms with Crippen molar-refractivity contribution < 1.29 is 43.2 Å². The van der Waals surface area contributed by atoms with Crippen molar-refractivity contribution in [3.05, 3.63) is 36.0 Å². The first-order chi connectivity index (χ1) is 17.4. The van der Waals surface area contributed by atoms with E-state index in [1.165, 1.54) is 6.08 Å². The highest BCUT2D eigenvalue weighted by Gasteiger charge is 2.93. The van der Waals surface area contributed by atoms with E-state index >= 15 is 0 Å². The van der Waals surface area contributed by atoms with Gasteiger partial charge >= 0.3 is 11.9 Å². The van der Waals surface area contributed by atoms with Crippen LogP contribution in [-0.2, 0) is 38.1 Å². The molecular formula is C28H28O9. The van der Waals surface area contributed by atoms with Gasteiger partial charge in [-0.1, -0.05) is 31.2 Å². The fraction of sp³-hybridized carbons (Fsp3) is 0.643. The van der Waals surface area contributed by atoms with E-state index in [1.54, 1.807) is 13.0 Å². The Hall–Kier alpha value is -2.62. The molecule has 0 aromatic carbocycles. The Labute approximate surface area is 212 Å². The number of fused-ring (bicyclic) bond motifs is 5. The fourth-order valence-corrected chi connectivity index (χ4v) is 9.59. The summed E-state index contributed by atoms with van der Waals surface area (Å²) < 4.78 is 25.0. The standard InChI is InChI=1S/C28H28O9/c1-23-11-18-25(3)28-19(23)20(30)27(37-28,34-12-16(23)21(31)35-18)15-8-7-13-5-4-6-17(29)24(13,2)14(15)9-10-26(28,33)22(32)36-25/h4-8,14-16,18-19,33H,9-12H2,1-3H3/t14-,15+,16-,18+,19-,23+,24-,25-,26-,27+,28-/m0/s1. The number of esters is 2. The molecule has 0 radical (unpaired) electrons. The molecular weight excluding hydrogens is 480 g/mol. The lowest BCUT2D eigenvalue weighted by atomic mass is 9.46. The number of carbonyl (C=O) groups is 4. The Morgan fingerprint density at radius 3 is 2.65 bits per heavy atom. The minimum Gasteiger partial charge on any atom is -0.458 e. The summed E-state index contributed by atoms with van der Waals surface area (Å²) in [6.07, 6.45) is 8.40. The van der Waals surface area contributed by atoms with E-state index in [4.69, 9.17) is 18.9 Å². The van der Waals surface area contributed by atoms with Crippen LogP contribution in [0.3, 0.4) is 0 Å². The van der Waals surface area contributed by atoms with Crippen LogP contribution in [0.5, 0.6) is 0 Å². The molecule has 37 heavy (non-hydrogen) atoms.